The van der Waals surface area contributed by atoms with E-state index in [1.807, 2.05) is 18.2 Å². The highest BCUT2D eigenvalue weighted by Crippen LogP contribution is 2.41. The van der Waals surface area contributed by atoms with Crippen LogP contribution >= 0.6 is 0 Å². The van der Waals surface area contributed by atoms with Crippen LogP contribution in [0.2, 0.25) is 0 Å². The van der Waals surface area contributed by atoms with Gasteiger partial charge in [0, 0.05) is 18.5 Å². The molecule has 1 aliphatic heterocycles. The molecule has 2 aromatic rings. The zero-order valence-corrected chi connectivity index (χ0v) is 16.7. The van der Waals surface area contributed by atoms with Gasteiger partial charge in [-0.2, -0.15) is 0 Å². The number of anilines is 1. The van der Waals surface area contributed by atoms with Gasteiger partial charge in [-0.05, 0) is 36.8 Å². The molecule has 1 heterocycles. The second-order valence-electron chi connectivity index (χ2n) is 7.48. The first-order valence-electron chi connectivity index (χ1n) is 10.0. The van der Waals surface area contributed by atoms with Crippen molar-refractivity contribution < 1.29 is 17.9 Å². The molecule has 1 aliphatic carbocycles. The molecular weight excluding hydrogens is 376 g/mol. The summed E-state index contributed by atoms with van der Waals surface area (Å²) < 4.78 is 32.8. The number of hydrogen-bond donors (Lipinski definition) is 1. The van der Waals surface area contributed by atoms with E-state index in [0.29, 0.717) is 30.3 Å². The molecule has 0 radical (unpaired) electrons. The van der Waals surface area contributed by atoms with E-state index in [-0.39, 0.29) is 17.3 Å². The number of carbonyl (C=O) groups excluding carboxylic acids is 1. The van der Waals surface area contributed by atoms with Gasteiger partial charge in [0.15, 0.2) is 0 Å². The summed E-state index contributed by atoms with van der Waals surface area (Å²) in [6.45, 7) is 0.897. The molecule has 0 saturated heterocycles. The third kappa shape index (κ3) is 3.73. The fraction of sp³-hybridized carbons (Fsp3) is 0.476. The second kappa shape index (κ2) is 8.09. The predicted octanol–water partition coefficient (Wildman–Crippen LogP) is 3.20. The first kappa shape index (κ1) is 19.2. The van der Waals surface area contributed by atoms with Crippen molar-refractivity contribution in [3.8, 4) is 0 Å². The maximum absolute atomic E-state index is 12.9. The smallest absolute Gasteiger partial charge is 0.265 e. The van der Waals surface area contributed by atoms with Gasteiger partial charge in [0.25, 0.3) is 10.0 Å². The second-order valence-corrected chi connectivity index (χ2v) is 9.31. The molecule has 0 bridgehead atoms. The molecule has 2 aromatic carbocycles. The number of carbonyl (C=O) groups is 1. The molecule has 0 aromatic heterocycles. The fourth-order valence-corrected chi connectivity index (χ4v) is 5.76. The molecule has 7 heteroatoms. The summed E-state index contributed by atoms with van der Waals surface area (Å²) in [6.07, 6.45) is 7.12. The highest BCUT2D eigenvalue weighted by molar-refractivity contribution is 7.93. The van der Waals surface area contributed by atoms with E-state index in [1.165, 1.54) is 23.6 Å². The van der Waals surface area contributed by atoms with Crippen molar-refractivity contribution in [1.29, 1.82) is 0 Å². The van der Waals surface area contributed by atoms with E-state index in [4.69, 9.17) is 4.74 Å². The largest absolute Gasteiger partial charge is 0.378 e. The Kier molecular flexibility index (Phi) is 5.55. The van der Waals surface area contributed by atoms with Crippen LogP contribution in [-0.2, 0) is 19.6 Å². The summed E-state index contributed by atoms with van der Waals surface area (Å²) >= 11 is 0. The van der Waals surface area contributed by atoms with E-state index in [9.17, 15) is 13.2 Å². The minimum atomic E-state index is -3.70. The lowest BCUT2D eigenvalue weighted by atomic mass is 9.98. The maximum atomic E-state index is 12.9. The Morgan fingerprint density at radius 3 is 2.64 bits per heavy atom. The lowest BCUT2D eigenvalue weighted by Crippen LogP contribution is -2.39. The zero-order chi connectivity index (χ0) is 19.6. The van der Waals surface area contributed by atoms with Gasteiger partial charge in [0.05, 0.1) is 16.7 Å². The average molecular weight is 403 g/mol. The minimum Gasteiger partial charge on any atom is -0.378 e. The molecular formula is C21H26N2O4S. The van der Waals surface area contributed by atoms with Gasteiger partial charge in [0.1, 0.15) is 6.54 Å². The standard InChI is InChI=1S/C21H26N2O4S/c24-20(22-13-6-14-27-17-9-2-1-3-10-17)15-23-18-11-4-7-16-8-5-12-19(21(16)18)28(23,25)26/h4-5,7-8,11-12,17H,1-3,6,9-10,13-15H2,(H,22,24). The fourth-order valence-electron chi connectivity index (χ4n) is 4.10. The summed E-state index contributed by atoms with van der Waals surface area (Å²) in [5.74, 6) is -0.300. The molecule has 28 heavy (non-hydrogen) atoms. The Morgan fingerprint density at radius 2 is 1.86 bits per heavy atom. The number of ether oxygens (including phenoxy) is 1. The predicted molar refractivity (Wildman–Crippen MR) is 109 cm³/mol. The number of amides is 1. The van der Waals surface area contributed by atoms with Gasteiger partial charge < -0.3 is 10.1 Å². The normalized spacial score (nSPS) is 18.5. The monoisotopic (exact) mass is 402 g/mol. The van der Waals surface area contributed by atoms with Crippen LogP contribution in [-0.4, -0.2) is 40.1 Å². The Morgan fingerprint density at radius 1 is 1.11 bits per heavy atom. The molecule has 4 rings (SSSR count). The lowest BCUT2D eigenvalue weighted by molar-refractivity contribution is -0.119. The molecule has 0 unspecified atom stereocenters. The maximum Gasteiger partial charge on any atom is 0.265 e. The van der Waals surface area contributed by atoms with Gasteiger partial charge in [-0.25, -0.2) is 8.42 Å². The SMILES string of the molecule is O=C(CN1c2cccc3cccc(c23)S1(=O)=O)NCCCOC1CCCCC1. The van der Waals surface area contributed by atoms with E-state index in [1.54, 1.807) is 18.2 Å². The number of nitrogens with one attached hydrogen (secondary N) is 1. The van der Waals surface area contributed by atoms with Crippen LogP contribution in [0.15, 0.2) is 41.3 Å². The van der Waals surface area contributed by atoms with Gasteiger partial charge in [-0.15, -0.1) is 0 Å². The third-order valence-corrected chi connectivity index (χ3v) is 7.32. The summed E-state index contributed by atoms with van der Waals surface area (Å²) in [6, 6.07) is 10.7. The van der Waals surface area contributed by atoms with Crippen LogP contribution in [0, 0.1) is 0 Å². The van der Waals surface area contributed by atoms with Crippen molar-refractivity contribution in [3.05, 3.63) is 36.4 Å². The van der Waals surface area contributed by atoms with Crippen LogP contribution < -0.4 is 9.62 Å². The van der Waals surface area contributed by atoms with Gasteiger partial charge in [-0.1, -0.05) is 43.5 Å². The molecule has 1 saturated carbocycles. The van der Waals surface area contributed by atoms with Crippen LogP contribution in [0.3, 0.4) is 0 Å². The summed E-state index contributed by atoms with van der Waals surface area (Å²) in [5, 5.41) is 4.37. The van der Waals surface area contributed by atoms with Gasteiger partial charge in [-0.3, -0.25) is 9.10 Å². The lowest BCUT2D eigenvalue weighted by Gasteiger charge is -2.22. The summed E-state index contributed by atoms with van der Waals surface area (Å²) in [7, 11) is -3.70. The van der Waals surface area contributed by atoms with Crippen LogP contribution in [0.4, 0.5) is 5.69 Å². The number of hydrogen-bond acceptors (Lipinski definition) is 4. The molecule has 2 aliphatic rings. The van der Waals surface area contributed by atoms with Crippen molar-refractivity contribution in [3.63, 3.8) is 0 Å². The Bertz CT molecular complexity index is 962. The summed E-state index contributed by atoms with van der Waals surface area (Å²) in [5.41, 5.74) is 0.573. The van der Waals surface area contributed by atoms with Crippen LogP contribution in [0.25, 0.3) is 10.8 Å². The van der Waals surface area contributed by atoms with Gasteiger partial charge in [0.2, 0.25) is 5.91 Å². The average Bonchev–Trinajstić information content (AvgIpc) is 2.92. The number of rotatable bonds is 7. The van der Waals surface area contributed by atoms with Crippen molar-refractivity contribution in [2.24, 2.45) is 0 Å². The third-order valence-electron chi connectivity index (χ3n) is 5.52. The topological polar surface area (TPSA) is 75.7 Å². The van der Waals surface area contributed by atoms with Crippen molar-refractivity contribution in [1.82, 2.24) is 5.32 Å². The molecule has 0 spiro atoms. The molecule has 1 amide bonds. The Balaban J connectivity index is 1.32. The van der Waals surface area contributed by atoms with E-state index in [0.717, 1.165) is 24.6 Å². The van der Waals surface area contributed by atoms with E-state index >= 15 is 0 Å². The van der Waals surface area contributed by atoms with Crippen LogP contribution in [0.5, 0.6) is 0 Å². The molecule has 150 valence electrons. The van der Waals surface area contributed by atoms with Crippen LogP contribution in [0.1, 0.15) is 38.5 Å². The highest BCUT2D eigenvalue weighted by atomic mass is 32.2. The Labute approximate surface area is 165 Å². The van der Waals surface area contributed by atoms with Gasteiger partial charge >= 0.3 is 0 Å². The van der Waals surface area contributed by atoms with Crippen molar-refractivity contribution in [2.75, 3.05) is 24.0 Å². The van der Waals surface area contributed by atoms with E-state index < -0.39 is 10.0 Å². The Hall–Kier alpha value is -2.12. The van der Waals surface area contributed by atoms with E-state index in [2.05, 4.69) is 5.32 Å². The minimum absolute atomic E-state index is 0.209. The first-order chi connectivity index (χ1) is 13.6. The molecule has 1 fully saturated rings. The van der Waals surface area contributed by atoms with Crippen molar-refractivity contribution in [2.45, 2.75) is 49.5 Å². The van der Waals surface area contributed by atoms with Crippen molar-refractivity contribution >= 4 is 32.4 Å². The zero-order valence-electron chi connectivity index (χ0n) is 15.9. The highest BCUT2D eigenvalue weighted by Gasteiger charge is 2.36. The molecule has 1 N–H and O–H groups in total. The first-order valence-corrected chi connectivity index (χ1v) is 11.4. The number of benzene rings is 2. The summed E-state index contributed by atoms with van der Waals surface area (Å²) in [4.78, 5) is 12.6. The molecule has 0 atom stereocenters. The quantitative estimate of drug-likeness (QED) is 0.722. The number of nitrogens with zero attached hydrogens (tertiary/aromatic N) is 1. The number of sulfonamides is 1. The molecule has 6 nitrogen and oxygen atoms in total.